The van der Waals surface area contributed by atoms with Gasteiger partial charge in [0, 0.05) is 11.9 Å². The quantitative estimate of drug-likeness (QED) is 0.862. The summed E-state index contributed by atoms with van der Waals surface area (Å²) in [6.45, 7) is 3.81. The number of thiophene rings is 1. The Morgan fingerprint density at radius 2 is 2.33 bits per heavy atom. The lowest BCUT2D eigenvalue weighted by molar-refractivity contribution is -0.129. The highest BCUT2D eigenvalue weighted by Crippen LogP contribution is 2.22. The van der Waals surface area contributed by atoms with E-state index in [1.165, 1.54) is 11.3 Å². The van der Waals surface area contributed by atoms with Gasteiger partial charge in [-0.25, -0.2) is 0 Å². The van der Waals surface area contributed by atoms with Crippen molar-refractivity contribution in [1.29, 1.82) is 0 Å². The molecule has 0 aliphatic heterocycles. The molecule has 0 spiro atoms. The summed E-state index contributed by atoms with van der Waals surface area (Å²) in [4.78, 5) is 14.4. The fourth-order valence-electron chi connectivity index (χ4n) is 1.13. The highest BCUT2D eigenvalue weighted by molar-refractivity contribution is 7.16. The second-order valence-electron chi connectivity index (χ2n) is 3.24. The van der Waals surface area contributed by atoms with Crippen LogP contribution >= 0.6 is 22.9 Å². The molecule has 0 fully saturated rings. The molecule has 1 rings (SSSR count). The van der Waals surface area contributed by atoms with Crippen molar-refractivity contribution in [2.45, 2.75) is 13.5 Å². The first-order chi connectivity index (χ1) is 7.13. The Morgan fingerprint density at radius 3 is 2.87 bits per heavy atom. The minimum Gasteiger partial charge on any atom is -0.340 e. The van der Waals surface area contributed by atoms with Gasteiger partial charge in [-0.3, -0.25) is 4.79 Å². The molecule has 0 aliphatic carbocycles. The molecule has 1 aromatic heterocycles. The third kappa shape index (κ3) is 4.20. The van der Waals surface area contributed by atoms with Gasteiger partial charge in [0.15, 0.2) is 0 Å². The van der Waals surface area contributed by atoms with Gasteiger partial charge in [-0.15, -0.1) is 11.3 Å². The Hall–Kier alpha value is -0.580. The average molecular weight is 247 g/mol. The molecule has 0 radical (unpaired) electrons. The third-order valence-corrected chi connectivity index (χ3v) is 3.19. The lowest BCUT2D eigenvalue weighted by Gasteiger charge is -2.16. The molecule has 0 unspecified atom stereocenters. The predicted molar refractivity (Wildman–Crippen MR) is 64.3 cm³/mol. The van der Waals surface area contributed by atoms with E-state index in [1.807, 2.05) is 19.1 Å². The van der Waals surface area contributed by atoms with Crippen molar-refractivity contribution >= 4 is 28.8 Å². The van der Waals surface area contributed by atoms with Crippen LogP contribution in [-0.4, -0.2) is 30.9 Å². The standard InChI is InChI=1S/C10H15ClN2OS/c1-3-12-6-10(14)13(2)7-8-4-5-9(11)15-8/h4-5,12H,3,6-7H2,1-2H3. The number of carbonyl (C=O) groups excluding carboxylic acids is 1. The maximum absolute atomic E-state index is 11.5. The van der Waals surface area contributed by atoms with Gasteiger partial charge in [-0.05, 0) is 18.7 Å². The van der Waals surface area contributed by atoms with Crippen molar-refractivity contribution in [3.63, 3.8) is 0 Å². The van der Waals surface area contributed by atoms with Crippen LogP contribution < -0.4 is 5.32 Å². The van der Waals surface area contributed by atoms with Crippen molar-refractivity contribution in [2.24, 2.45) is 0 Å². The van der Waals surface area contributed by atoms with E-state index in [0.717, 1.165) is 15.8 Å². The van der Waals surface area contributed by atoms with Crippen molar-refractivity contribution in [3.05, 3.63) is 21.3 Å². The van der Waals surface area contributed by atoms with Crippen molar-refractivity contribution in [2.75, 3.05) is 20.1 Å². The molecule has 15 heavy (non-hydrogen) atoms. The Labute approximate surface area is 99.0 Å². The van der Waals surface area contributed by atoms with Crippen LogP contribution in [-0.2, 0) is 11.3 Å². The lowest BCUT2D eigenvalue weighted by Crippen LogP contribution is -2.34. The van der Waals surface area contributed by atoms with Gasteiger partial charge in [0.25, 0.3) is 0 Å². The van der Waals surface area contributed by atoms with E-state index in [1.54, 1.807) is 11.9 Å². The van der Waals surface area contributed by atoms with E-state index in [0.29, 0.717) is 13.1 Å². The van der Waals surface area contributed by atoms with Crippen LogP contribution in [0.4, 0.5) is 0 Å². The van der Waals surface area contributed by atoms with Gasteiger partial charge in [-0.1, -0.05) is 18.5 Å². The van der Waals surface area contributed by atoms with E-state index < -0.39 is 0 Å². The van der Waals surface area contributed by atoms with Crippen LogP contribution in [0.1, 0.15) is 11.8 Å². The normalized spacial score (nSPS) is 10.3. The Bertz CT molecular complexity index is 327. The van der Waals surface area contributed by atoms with E-state index in [9.17, 15) is 4.79 Å². The zero-order valence-corrected chi connectivity index (χ0v) is 10.5. The van der Waals surface area contributed by atoms with E-state index in [2.05, 4.69) is 5.32 Å². The van der Waals surface area contributed by atoms with Crippen molar-refractivity contribution in [1.82, 2.24) is 10.2 Å². The maximum Gasteiger partial charge on any atom is 0.236 e. The molecule has 0 atom stereocenters. The summed E-state index contributed by atoms with van der Waals surface area (Å²) in [5.41, 5.74) is 0. The minimum atomic E-state index is 0.0985. The van der Waals surface area contributed by atoms with Crippen molar-refractivity contribution < 1.29 is 4.79 Å². The summed E-state index contributed by atoms with van der Waals surface area (Å²) >= 11 is 7.32. The Kier molecular flexibility index (Phi) is 5.08. The molecule has 0 saturated heterocycles. The van der Waals surface area contributed by atoms with Crippen molar-refractivity contribution in [3.8, 4) is 0 Å². The number of nitrogens with zero attached hydrogens (tertiary/aromatic N) is 1. The highest BCUT2D eigenvalue weighted by atomic mass is 35.5. The molecule has 1 amide bonds. The maximum atomic E-state index is 11.5. The van der Waals surface area contributed by atoms with Gasteiger partial charge in [0.05, 0.1) is 17.4 Å². The number of nitrogens with one attached hydrogen (secondary N) is 1. The molecule has 0 saturated carbocycles. The van der Waals surface area contributed by atoms with Gasteiger partial charge in [-0.2, -0.15) is 0 Å². The number of likely N-dealkylation sites (N-methyl/N-ethyl adjacent to an activating group) is 2. The summed E-state index contributed by atoms with van der Waals surface area (Å²) in [5.74, 6) is 0.0985. The fourth-order valence-corrected chi connectivity index (χ4v) is 2.27. The molecular weight excluding hydrogens is 232 g/mol. The first-order valence-corrected chi connectivity index (χ1v) is 6.01. The largest absolute Gasteiger partial charge is 0.340 e. The molecule has 3 nitrogen and oxygen atoms in total. The molecular formula is C10H15ClN2OS. The monoisotopic (exact) mass is 246 g/mol. The molecule has 1 N–H and O–H groups in total. The molecule has 84 valence electrons. The fraction of sp³-hybridized carbons (Fsp3) is 0.500. The van der Waals surface area contributed by atoms with Gasteiger partial charge >= 0.3 is 0 Å². The topological polar surface area (TPSA) is 32.3 Å². The Balaban J connectivity index is 2.41. The second-order valence-corrected chi connectivity index (χ2v) is 5.04. The van der Waals surface area contributed by atoms with Gasteiger partial charge < -0.3 is 10.2 Å². The molecule has 1 aromatic rings. The van der Waals surface area contributed by atoms with Crippen LogP contribution in [0.2, 0.25) is 4.34 Å². The number of amides is 1. The summed E-state index contributed by atoms with van der Waals surface area (Å²) < 4.78 is 0.762. The number of hydrogen-bond acceptors (Lipinski definition) is 3. The van der Waals surface area contributed by atoms with E-state index in [4.69, 9.17) is 11.6 Å². The van der Waals surface area contributed by atoms with Crippen LogP contribution in [0.25, 0.3) is 0 Å². The first-order valence-electron chi connectivity index (χ1n) is 4.82. The molecule has 0 aliphatic rings. The summed E-state index contributed by atoms with van der Waals surface area (Å²) in [6, 6.07) is 3.80. The third-order valence-electron chi connectivity index (χ3n) is 1.97. The second kappa shape index (κ2) is 6.10. The van der Waals surface area contributed by atoms with E-state index >= 15 is 0 Å². The van der Waals surface area contributed by atoms with Crippen LogP contribution in [0.5, 0.6) is 0 Å². The van der Waals surface area contributed by atoms with Crippen LogP contribution in [0.3, 0.4) is 0 Å². The summed E-state index contributed by atoms with van der Waals surface area (Å²) in [6.07, 6.45) is 0. The average Bonchev–Trinajstić information content (AvgIpc) is 2.60. The molecule has 1 heterocycles. The predicted octanol–water partition coefficient (Wildman–Crippen LogP) is 1.97. The smallest absolute Gasteiger partial charge is 0.236 e. The molecule has 0 bridgehead atoms. The van der Waals surface area contributed by atoms with Gasteiger partial charge in [0.1, 0.15) is 0 Å². The molecule has 0 aromatic carbocycles. The molecule has 5 heteroatoms. The van der Waals surface area contributed by atoms with Gasteiger partial charge in [0.2, 0.25) is 5.91 Å². The lowest BCUT2D eigenvalue weighted by atomic mass is 10.4. The summed E-state index contributed by atoms with van der Waals surface area (Å²) in [7, 11) is 1.80. The zero-order valence-electron chi connectivity index (χ0n) is 8.92. The highest BCUT2D eigenvalue weighted by Gasteiger charge is 2.09. The number of carbonyl (C=O) groups is 1. The zero-order chi connectivity index (χ0) is 11.3. The number of rotatable bonds is 5. The summed E-state index contributed by atoms with van der Waals surface area (Å²) in [5, 5.41) is 3.01. The minimum absolute atomic E-state index is 0.0985. The van der Waals surface area contributed by atoms with E-state index in [-0.39, 0.29) is 5.91 Å². The first kappa shape index (κ1) is 12.5. The van der Waals surface area contributed by atoms with Crippen LogP contribution in [0, 0.1) is 0 Å². The number of halogens is 1. The number of hydrogen-bond donors (Lipinski definition) is 1. The Morgan fingerprint density at radius 1 is 1.60 bits per heavy atom. The van der Waals surface area contributed by atoms with Crippen LogP contribution in [0.15, 0.2) is 12.1 Å². The SMILES string of the molecule is CCNCC(=O)N(C)Cc1ccc(Cl)s1.